The molecule has 82 valence electrons. The summed E-state index contributed by atoms with van der Waals surface area (Å²) in [5.41, 5.74) is -0.0392. The van der Waals surface area contributed by atoms with Crippen LogP contribution < -0.4 is 0 Å². The van der Waals surface area contributed by atoms with Crippen molar-refractivity contribution in [1.82, 2.24) is 5.01 Å². The van der Waals surface area contributed by atoms with Gasteiger partial charge in [-0.05, 0) is 27.5 Å². The fourth-order valence-corrected chi connectivity index (χ4v) is 0.711. The molecule has 3 nitrogen and oxygen atoms in total. The molecule has 0 aromatic heterocycles. The quantitative estimate of drug-likeness (QED) is 0.361. The zero-order chi connectivity index (χ0) is 11.6. The first kappa shape index (κ1) is 13.1. The molecular formula is C11H23N3. The molecule has 0 amide bonds. The van der Waals surface area contributed by atoms with Gasteiger partial charge in [0.15, 0.2) is 5.84 Å². The first-order valence-corrected chi connectivity index (χ1v) is 4.88. The lowest BCUT2D eigenvalue weighted by molar-refractivity contribution is 0.181. The van der Waals surface area contributed by atoms with E-state index in [1.54, 1.807) is 0 Å². The van der Waals surface area contributed by atoms with Gasteiger partial charge in [-0.15, -0.1) is 0 Å². The Morgan fingerprint density at radius 2 is 1.50 bits per heavy atom. The Morgan fingerprint density at radius 3 is 1.71 bits per heavy atom. The van der Waals surface area contributed by atoms with Crippen molar-refractivity contribution in [2.45, 2.75) is 47.1 Å². The number of amidine groups is 1. The number of aliphatic imine (C=N–C) groups is 1. The summed E-state index contributed by atoms with van der Waals surface area (Å²) < 4.78 is 0. The van der Waals surface area contributed by atoms with Crippen molar-refractivity contribution >= 4 is 12.6 Å². The number of hydrazone groups is 1. The third kappa shape index (κ3) is 3.90. The average molecular weight is 197 g/mol. The molecule has 0 unspecified atom stereocenters. The molecule has 3 heteroatoms. The predicted molar refractivity (Wildman–Crippen MR) is 64.0 cm³/mol. The lowest BCUT2D eigenvalue weighted by Crippen LogP contribution is -2.36. The van der Waals surface area contributed by atoms with Crippen LogP contribution in [0.15, 0.2) is 10.1 Å². The van der Waals surface area contributed by atoms with Crippen molar-refractivity contribution in [1.29, 1.82) is 0 Å². The highest BCUT2D eigenvalue weighted by atomic mass is 15.5. The van der Waals surface area contributed by atoms with Gasteiger partial charge in [-0.1, -0.05) is 20.8 Å². The van der Waals surface area contributed by atoms with Crippen LogP contribution in [-0.4, -0.2) is 30.1 Å². The van der Waals surface area contributed by atoms with Gasteiger partial charge in [0.25, 0.3) is 0 Å². The molecule has 0 saturated heterocycles. The molecule has 0 bridgehead atoms. The van der Waals surface area contributed by atoms with E-state index in [4.69, 9.17) is 0 Å². The normalized spacial score (nSPS) is 14.1. The van der Waals surface area contributed by atoms with E-state index in [2.05, 4.69) is 58.4 Å². The van der Waals surface area contributed by atoms with Gasteiger partial charge in [0.1, 0.15) is 0 Å². The van der Waals surface area contributed by atoms with Crippen LogP contribution in [0.1, 0.15) is 41.5 Å². The maximum absolute atomic E-state index is 4.46. The van der Waals surface area contributed by atoms with E-state index in [0.717, 1.165) is 5.84 Å². The van der Waals surface area contributed by atoms with Crippen molar-refractivity contribution in [2.24, 2.45) is 15.5 Å². The maximum Gasteiger partial charge on any atom is 0.152 e. The van der Waals surface area contributed by atoms with Crippen LogP contribution in [0.3, 0.4) is 0 Å². The number of nitrogens with zero attached hydrogens (tertiary/aromatic N) is 3. The van der Waals surface area contributed by atoms with E-state index < -0.39 is 0 Å². The molecule has 0 aliphatic carbocycles. The third-order valence-corrected chi connectivity index (χ3v) is 2.04. The molecule has 0 N–H and O–H groups in total. The van der Waals surface area contributed by atoms with Gasteiger partial charge in [0.2, 0.25) is 0 Å². The summed E-state index contributed by atoms with van der Waals surface area (Å²) in [7, 11) is 1.96. The molecule has 0 spiro atoms. The van der Waals surface area contributed by atoms with Crippen molar-refractivity contribution in [3.8, 4) is 0 Å². The van der Waals surface area contributed by atoms with Crippen LogP contribution in [0, 0.1) is 5.41 Å². The van der Waals surface area contributed by atoms with Gasteiger partial charge < -0.3 is 0 Å². The Morgan fingerprint density at radius 1 is 1.07 bits per heavy atom. The first-order valence-electron chi connectivity index (χ1n) is 4.88. The monoisotopic (exact) mass is 197 g/mol. The molecule has 0 aromatic carbocycles. The largest absolute Gasteiger partial charge is 0.293 e. The zero-order valence-corrected chi connectivity index (χ0v) is 10.5. The SMILES string of the molecule is C=N/C(=N\N(C)C(C)(C)C)C(C)(C)C. The number of hydrogen-bond acceptors (Lipinski definition) is 2. The molecular weight excluding hydrogens is 174 g/mol. The summed E-state index contributed by atoms with van der Waals surface area (Å²) in [6.07, 6.45) is 0. The first-order chi connectivity index (χ1) is 6.09. The van der Waals surface area contributed by atoms with E-state index in [9.17, 15) is 0 Å². The Balaban J connectivity index is 4.88. The second kappa shape index (κ2) is 4.11. The minimum absolute atomic E-state index is 0.0151. The summed E-state index contributed by atoms with van der Waals surface area (Å²) in [5, 5.41) is 6.38. The third-order valence-electron chi connectivity index (χ3n) is 2.04. The highest BCUT2D eigenvalue weighted by Crippen LogP contribution is 2.19. The minimum Gasteiger partial charge on any atom is -0.293 e. The van der Waals surface area contributed by atoms with Crippen molar-refractivity contribution in [2.75, 3.05) is 7.05 Å². The minimum atomic E-state index is -0.0543. The molecule has 0 aliphatic rings. The predicted octanol–water partition coefficient (Wildman–Crippen LogP) is 2.78. The maximum atomic E-state index is 4.46. The summed E-state index contributed by atoms with van der Waals surface area (Å²) >= 11 is 0. The lowest BCUT2D eigenvalue weighted by atomic mass is 9.95. The van der Waals surface area contributed by atoms with Gasteiger partial charge in [-0.2, -0.15) is 5.10 Å². The van der Waals surface area contributed by atoms with Gasteiger partial charge in [-0.25, -0.2) is 4.99 Å². The summed E-state index contributed by atoms with van der Waals surface area (Å²) in [4.78, 5) is 3.97. The molecule has 0 aromatic rings. The Hall–Kier alpha value is -0.860. The molecule has 0 heterocycles. The summed E-state index contributed by atoms with van der Waals surface area (Å²) in [6.45, 7) is 16.1. The van der Waals surface area contributed by atoms with Crippen LogP contribution in [-0.2, 0) is 0 Å². The fourth-order valence-electron chi connectivity index (χ4n) is 0.711. The van der Waals surface area contributed by atoms with E-state index in [-0.39, 0.29) is 11.0 Å². The molecule has 14 heavy (non-hydrogen) atoms. The molecule has 0 saturated carbocycles. The zero-order valence-electron chi connectivity index (χ0n) is 10.5. The van der Waals surface area contributed by atoms with Crippen molar-refractivity contribution in [3.05, 3.63) is 0 Å². The molecule has 0 atom stereocenters. The standard InChI is InChI=1S/C11H23N3/c1-10(2,3)9(12-7)13-14(8)11(4,5)6/h7H2,1-6,8H3/b13-9-. The van der Waals surface area contributed by atoms with Crippen molar-refractivity contribution in [3.63, 3.8) is 0 Å². The average Bonchev–Trinajstić information content (AvgIpc) is 1.95. The van der Waals surface area contributed by atoms with Gasteiger partial charge in [0, 0.05) is 18.0 Å². The number of rotatable bonds is 1. The van der Waals surface area contributed by atoms with Crippen LogP contribution in [0.4, 0.5) is 0 Å². The second-order valence-corrected chi connectivity index (χ2v) is 5.53. The summed E-state index contributed by atoms with van der Waals surface area (Å²) in [6, 6.07) is 0. The highest BCUT2D eigenvalue weighted by molar-refractivity contribution is 5.90. The van der Waals surface area contributed by atoms with Gasteiger partial charge in [0.05, 0.1) is 0 Å². The van der Waals surface area contributed by atoms with E-state index in [1.165, 1.54) is 0 Å². The van der Waals surface area contributed by atoms with E-state index in [0.29, 0.717) is 0 Å². The second-order valence-electron chi connectivity index (χ2n) is 5.53. The lowest BCUT2D eigenvalue weighted by Gasteiger charge is -2.31. The van der Waals surface area contributed by atoms with Gasteiger partial charge >= 0.3 is 0 Å². The van der Waals surface area contributed by atoms with Crippen LogP contribution in [0.25, 0.3) is 0 Å². The van der Waals surface area contributed by atoms with Crippen LogP contribution in [0.5, 0.6) is 0 Å². The molecule has 0 radical (unpaired) electrons. The van der Waals surface area contributed by atoms with E-state index in [1.807, 2.05) is 12.1 Å². The number of hydrogen-bond donors (Lipinski definition) is 0. The van der Waals surface area contributed by atoms with Crippen molar-refractivity contribution < 1.29 is 0 Å². The highest BCUT2D eigenvalue weighted by Gasteiger charge is 2.21. The Labute approximate surface area is 87.9 Å². The Kier molecular flexibility index (Phi) is 3.86. The van der Waals surface area contributed by atoms with Gasteiger partial charge in [-0.3, -0.25) is 5.01 Å². The van der Waals surface area contributed by atoms with Crippen LogP contribution >= 0.6 is 0 Å². The summed E-state index contributed by atoms with van der Waals surface area (Å²) in [5.74, 6) is 0.773. The topological polar surface area (TPSA) is 28.0 Å². The fraction of sp³-hybridized carbons (Fsp3) is 0.818. The molecule has 0 rings (SSSR count). The van der Waals surface area contributed by atoms with Crippen LogP contribution in [0.2, 0.25) is 0 Å². The smallest absolute Gasteiger partial charge is 0.152 e. The van der Waals surface area contributed by atoms with E-state index >= 15 is 0 Å². The molecule has 0 fully saturated rings. The Bertz CT molecular complexity index is 228. The molecule has 0 aliphatic heterocycles.